The van der Waals surface area contributed by atoms with Crippen LogP contribution in [-0.2, 0) is 6.54 Å². The van der Waals surface area contributed by atoms with Gasteiger partial charge in [-0.05, 0) is 12.1 Å². The Morgan fingerprint density at radius 3 is 3.15 bits per heavy atom. The van der Waals surface area contributed by atoms with Gasteiger partial charge in [0.2, 0.25) is 0 Å². The largest absolute Gasteiger partial charge is 0.467 e. The molecule has 0 saturated carbocycles. The highest BCUT2D eigenvalue weighted by atomic mass is 16.5. The molecule has 0 aromatic carbocycles. The number of aliphatic hydroxyl groups is 1. The van der Waals surface area contributed by atoms with E-state index in [9.17, 15) is 0 Å². The van der Waals surface area contributed by atoms with Crippen molar-refractivity contribution >= 4 is 17.0 Å². The van der Waals surface area contributed by atoms with Crippen molar-refractivity contribution in [3.63, 3.8) is 0 Å². The van der Waals surface area contributed by atoms with Crippen LogP contribution in [0, 0.1) is 0 Å². The molecular formula is C12H13N5O3. The Labute approximate surface area is 113 Å². The van der Waals surface area contributed by atoms with Gasteiger partial charge in [0.25, 0.3) is 6.01 Å². The number of hydrogen-bond acceptors (Lipinski definition) is 7. The number of rotatable bonds is 6. The van der Waals surface area contributed by atoms with Crippen molar-refractivity contribution in [2.24, 2.45) is 0 Å². The molecule has 0 saturated heterocycles. The second-order valence-electron chi connectivity index (χ2n) is 3.97. The van der Waals surface area contributed by atoms with Crippen LogP contribution in [0.4, 0.5) is 5.82 Å². The lowest BCUT2D eigenvalue weighted by Gasteiger charge is -2.02. The molecule has 0 spiro atoms. The van der Waals surface area contributed by atoms with E-state index >= 15 is 0 Å². The fourth-order valence-corrected chi connectivity index (χ4v) is 1.73. The highest BCUT2D eigenvalue weighted by molar-refractivity contribution is 5.82. The molecule has 20 heavy (non-hydrogen) atoms. The Kier molecular flexibility index (Phi) is 3.46. The monoisotopic (exact) mass is 275 g/mol. The first-order chi connectivity index (χ1) is 9.86. The third-order valence-electron chi connectivity index (χ3n) is 2.60. The SMILES string of the molecule is OCCOc1nc2c(NCc3ccco3)ncnc2[nH]1. The predicted octanol–water partition coefficient (Wildman–Crippen LogP) is 0.929. The van der Waals surface area contributed by atoms with Crippen molar-refractivity contribution in [2.75, 3.05) is 18.5 Å². The number of aliphatic hydroxyl groups excluding tert-OH is 1. The van der Waals surface area contributed by atoms with E-state index in [-0.39, 0.29) is 13.2 Å². The number of imidazole rings is 1. The molecule has 3 aromatic heterocycles. The summed E-state index contributed by atoms with van der Waals surface area (Å²) in [4.78, 5) is 15.4. The summed E-state index contributed by atoms with van der Waals surface area (Å²) in [5, 5.41) is 11.9. The van der Waals surface area contributed by atoms with E-state index in [0.717, 1.165) is 5.76 Å². The molecule has 0 aliphatic heterocycles. The van der Waals surface area contributed by atoms with Crippen LogP contribution in [0.25, 0.3) is 11.2 Å². The number of fused-ring (bicyclic) bond motifs is 1. The molecule has 0 atom stereocenters. The maximum absolute atomic E-state index is 8.73. The van der Waals surface area contributed by atoms with Gasteiger partial charge in [0, 0.05) is 0 Å². The Balaban J connectivity index is 1.81. The second-order valence-corrected chi connectivity index (χ2v) is 3.97. The van der Waals surface area contributed by atoms with Gasteiger partial charge in [0.15, 0.2) is 17.0 Å². The summed E-state index contributed by atoms with van der Waals surface area (Å²) < 4.78 is 10.5. The zero-order chi connectivity index (χ0) is 13.8. The van der Waals surface area contributed by atoms with E-state index < -0.39 is 0 Å². The molecule has 3 rings (SSSR count). The normalized spacial score (nSPS) is 10.8. The molecule has 0 bridgehead atoms. The number of hydrogen-bond donors (Lipinski definition) is 3. The van der Waals surface area contributed by atoms with Crippen LogP contribution in [0.2, 0.25) is 0 Å². The molecule has 0 aliphatic rings. The van der Waals surface area contributed by atoms with Crippen LogP contribution in [0.15, 0.2) is 29.1 Å². The van der Waals surface area contributed by atoms with Crippen molar-refractivity contribution in [2.45, 2.75) is 6.54 Å². The minimum Gasteiger partial charge on any atom is -0.467 e. The van der Waals surface area contributed by atoms with Crippen LogP contribution in [0.5, 0.6) is 6.01 Å². The third-order valence-corrected chi connectivity index (χ3v) is 2.60. The molecule has 0 unspecified atom stereocenters. The molecule has 0 fully saturated rings. The molecule has 0 radical (unpaired) electrons. The number of anilines is 1. The first-order valence-electron chi connectivity index (χ1n) is 6.07. The van der Waals surface area contributed by atoms with Gasteiger partial charge in [-0.2, -0.15) is 4.98 Å². The maximum Gasteiger partial charge on any atom is 0.296 e. The van der Waals surface area contributed by atoms with E-state index in [0.29, 0.717) is 29.5 Å². The number of aromatic nitrogens is 4. The first-order valence-corrected chi connectivity index (χ1v) is 6.07. The topological polar surface area (TPSA) is 109 Å². The summed E-state index contributed by atoms with van der Waals surface area (Å²) >= 11 is 0. The summed E-state index contributed by atoms with van der Waals surface area (Å²) in [6, 6.07) is 3.99. The van der Waals surface area contributed by atoms with Gasteiger partial charge >= 0.3 is 0 Å². The molecule has 8 heteroatoms. The molecular weight excluding hydrogens is 262 g/mol. The lowest BCUT2D eigenvalue weighted by Crippen LogP contribution is -2.02. The molecule has 104 valence electrons. The zero-order valence-electron chi connectivity index (χ0n) is 10.5. The Bertz CT molecular complexity index is 680. The molecule has 0 aliphatic carbocycles. The smallest absolute Gasteiger partial charge is 0.296 e. The van der Waals surface area contributed by atoms with Crippen molar-refractivity contribution in [1.29, 1.82) is 0 Å². The number of nitrogens with one attached hydrogen (secondary N) is 2. The fourth-order valence-electron chi connectivity index (χ4n) is 1.73. The van der Waals surface area contributed by atoms with E-state index in [4.69, 9.17) is 14.3 Å². The van der Waals surface area contributed by atoms with Crippen molar-refractivity contribution in [3.05, 3.63) is 30.5 Å². The first kappa shape index (κ1) is 12.4. The van der Waals surface area contributed by atoms with Crippen LogP contribution in [0.3, 0.4) is 0 Å². The minimum atomic E-state index is -0.0771. The van der Waals surface area contributed by atoms with Crippen LogP contribution < -0.4 is 10.1 Å². The summed E-state index contributed by atoms with van der Waals surface area (Å²) in [6.07, 6.45) is 3.04. The van der Waals surface area contributed by atoms with E-state index in [1.165, 1.54) is 6.33 Å². The average molecular weight is 275 g/mol. The van der Waals surface area contributed by atoms with Crippen LogP contribution in [-0.4, -0.2) is 38.3 Å². The molecule has 8 nitrogen and oxygen atoms in total. The van der Waals surface area contributed by atoms with Gasteiger partial charge in [0.1, 0.15) is 18.7 Å². The van der Waals surface area contributed by atoms with Crippen molar-refractivity contribution in [1.82, 2.24) is 19.9 Å². The van der Waals surface area contributed by atoms with Crippen molar-refractivity contribution < 1.29 is 14.3 Å². The molecule has 3 N–H and O–H groups in total. The van der Waals surface area contributed by atoms with Gasteiger partial charge in [-0.25, -0.2) is 9.97 Å². The Morgan fingerprint density at radius 2 is 2.35 bits per heavy atom. The average Bonchev–Trinajstić information content (AvgIpc) is 3.11. The van der Waals surface area contributed by atoms with Gasteiger partial charge < -0.3 is 19.6 Å². The summed E-state index contributed by atoms with van der Waals surface area (Å²) in [6.45, 7) is 0.591. The highest BCUT2D eigenvalue weighted by Gasteiger charge is 2.10. The van der Waals surface area contributed by atoms with E-state index in [1.807, 2.05) is 12.1 Å². The third kappa shape index (κ3) is 2.54. The predicted molar refractivity (Wildman–Crippen MR) is 70.3 cm³/mol. The zero-order valence-corrected chi connectivity index (χ0v) is 10.5. The number of nitrogens with zero attached hydrogens (tertiary/aromatic N) is 3. The van der Waals surface area contributed by atoms with Gasteiger partial charge in [0.05, 0.1) is 19.4 Å². The minimum absolute atomic E-state index is 0.0771. The summed E-state index contributed by atoms with van der Waals surface area (Å²) in [5.41, 5.74) is 1.14. The van der Waals surface area contributed by atoms with Crippen LogP contribution in [0.1, 0.15) is 5.76 Å². The fraction of sp³-hybridized carbons (Fsp3) is 0.250. The molecule has 3 heterocycles. The summed E-state index contributed by atoms with van der Waals surface area (Å²) in [7, 11) is 0. The Hall–Kier alpha value is -2.61. The van der Waals surface area contributed by atoms with Gasteiger partial charge in [-0.1, -0.05) is 0 Å². The Morgan fingerprint density at radius 1 is 1.40 bits per heavy atom. The van der Waals surface area contributed by atoms with Crippen LogP contribution >= 0.6 is 0 Å². The molecule has 3 aromatic rings. The molecule has 0 amide bonds. The second kappa shape index (κ2) is 5.57. The number of ether oxygens (including phenoxy) is 1. The standard InChI is InChI=1S/C12H13N5O3/c18-3-5-20-12-16-9-10(14-7-15-11(9)17-12)13-6-8-2-1-4-19-8/h1-2,4,7,18H,3,5-6H2,(H2,13,14,15,16,17). The number of aromatic amines is 1. The number of furan rings is 1. The van der Waals surface area contributed by atoms with E-state index in [2.05, 4.69) is 25.3 Å². The lowest BCUT2D eigenvalue weighted by molar-refractivity contribution is 0.193. The summed E-state index contributed by atoms with van der Waals surface area (Å²) in [5.74, 6) is 1.38. The maximum atomic E-state index is 8.73. The van der Waals surface area contributed by atoms with Gasteiger partial charge in [-0.15, -0.1) is 0 Å². The number of H-pyrrole nitrogens is 1. The van der Waals surface area contributed by atoms with E-state index in [1.54, 1.807) is 6.26 Å². The van der Waals surface area contributed by atoms with Gasteiger partial charge in [-0.3, -0.25) is 4.98 Å². The lowest BCUT2D eigenvalue weighted by atomic mass is 10.4. The van der Waals surface area contributed by atoms with Crippen molar-refractivity contribution in [3.8, 4) is 6.01 Å². The quantitative estimate of drug-likeness (QED) is 0.614. The highest BCUT2D eigenvalue weighted by Crippen LogP contribution is 2.20.